The lowest BCUT2D eigenvalue weighted by Crippen LogP contribution is -2.51. The van der Waals surface area contributed by atoms with Gasteiger partial charge in [0.05, 0.1) is 6.04 Å². The Kier molecular flexibility index (Phi) is 4.65. The van der Waals surface area contributed by atoms with Gasteiger partial charge in [-0.05, 0) is 54.3 Å². The van der Waals surface area contributed by atoms with Crippen molar-refractivity contribution in [1.82, 2.24) is 4.90 Å². The van der Waals surface area contributed by atoms with Crippen molar-refractivity contribution < 1.29 is 9.53 Å². The Balaban J connectivity index is 1.36. The standard InChI is InChI=1S/C24H23NO2S/c26-24(27-16-17-7-2-1-3-8-17)25-20-10-6-11-21(25)14-19(13-20)23-15-18-9-4-5-12-22(18)28-23/h1-5,7-9,12-13,15,20-21H,6,10-11,14,16H2. The molecule has 0 spiro atoms. The summed E-state index contributed by atoms with van der Waals surface area (Å²) >= 11 is 1.86. The van der Waals surface area contributed by atoms with Gasteiger partial charge < -0.3 is 4.74 Å². The molecule has 2 atom stereocenters. The van der Waals surface area contributed by atoms with Crippen LogP contribution in [0.15, 0.2) is 66.7 Å². The van der Waals surface area contributed by atoms with E-state index >= 15 is 0 Å². The van der Waals surface area contributed by atoms with Crippen LogP contribution in [0, 0.1) is 0 Å². The number of hydrogen-bond acceptors (Lipinski definition) is 3. The number of amides is 1. The summed E-state index contributed by atoms with van der Waals surface area (Å²) in [4.78, 5) is 16.2. The van der Waals surface area contributed by atoms with E-state index in [2.05, 4.69) is 36.4 Å². The van der Waals surface area contributed by atoms with Crippen LogP contribution < -0.4 is 0 Å². The van der Waals surface area contributed by atoms with Gasteiger partial charge in [-0.3, -0.25) is 4.90 Å². The Morgan fingerprint density at radius 2 is 1.89 bits per heavy atom. The molecule has 2 unspecified atom stereocenters. The predicted molar refractivity (Wildman–Crippen MR) is 114 cm³/mol. The largest absolute Gasteiger partial charge is 0.445 e. The zero-order valence-electron chi connectivity index (χ0n) is 15.7. The molecule has 1 saturated heterocycles. The molecule has 1 aromatic heterocycles. The SMILES string of the molecule is O=C(OCc1ccccc1)N1C2C=C(c3cc4ccccc4s3)CC1CCC2. The predicted octanol–water partition coefficient (Wildman–Crippen LogP) is 6.25. The first kappa shape index (κ1) is 17.5. The fourth-order valence-corrected chi connectivity index (χ4v) is 5.53. The summed E-state index contributed by atoms with van der Waals surface area (Å²) in [5.74, 6) is 0. The van der Waals surface area contributed by atoms with Gasteiger partial charge in [0.1, 0.15) is 6.61 Å². The number of ether oxygens (including phenoxy) is 1. The van der Waals surface area contributed by atoms with Gasteiger partial charge >= 0.3 is 6.09 Å². The number of thiophene rings is 1. The summed E-state index contributed by atoms with van der Waals surface area (Å²) < 4.78 is 6.98. The van der Waals surface area contributed by atoms with Gasteiger partial charge in [-0.25, -0.2) is 4.79 Å². The van der Waals surface area contributed by atoms with Crippen LogP contribution in [0.5, 0.6) is 0 Å². The lowest BCUT2D eigenvalue weighted by atomic mass is 9.85. The zero-order valence-corrected chi connectivity index (χ0v) is 16.5. The van der Waals surface area contributed by atoms with E-state index in [1.165, 1.54) is 27.0 Å². The average molecular weight is 390 g/mol. The second-order valence-corrected chi connectivity index (χ2v) is 8.73. The van der Waals surface area contributed by atoms with Crippen LogP contribution in [0.25, 0.3) is 15.7 Å². The molecular weight excluding hydrogens is 366 g/mol. The number of carbonyl (C=O) groups excluding carboxylic acids is 1. The highest BCUT2D eigenvalue weighted by Gasteiger charge is 2.38. The Bertz CT molecular complexity index is 990. The molecule has 1 amide bonds. The van der Waals surface area contributed by atoms with Crippen molar-refractivity contribution >= 4 is 33.1 Å². The molecule has 2 aromatic carbocycles. The van der Waals surface area contributed by atoms with Gasteiger partial charge in [-0.2, -0.15) is 0 Å². The summed E-state index contributed by atoms with van der Waals surface area (Å²) in [5, 5.41) is 1.30. The summed E-state index contributed by atoms with van der Waals surface area (Å²) in [5.41, 5.74) is 2.42. The van der Waals surface area contributed by atoms with Crippen LogP contribution in [-0.4, -0.2) is 23.1 Å². The normalized spacial score (nSPS) is 21.4. The maximum absolute atomic E-state index is 12.8. The van der Waals surface area contributed by atoms with E-state index in [4.69, 9.17) is 4.74 Å². The lowest BCUT2D eigenvalue weighted by Gasteiger charge is -2.44. The number of rotatable bonds is 3. The van der Waals surface area contributed by atoms with Crippen LogP contribution >= 0.6 is 11.3 Å². The molecule has 4 heteroatoms. The Labute approximate surface area is 169 Å². The third kappa shape index (κ3) is 3.33. The number of hydrogen-bond donors (Lipinski definition) is 0. The highest BCUT2D eigenvalue weighted by Crippen LogP contribution is 2.40. The molecule has 0 radical (unpaired) electrons. The molecule has 3 heterocycles. The first-order valence-electron chi connectivity index (χ1n) is 9.96. The van der Waals surface area contributed by atoms with Crippen molar-refractivity contribution in [3.63, 3.8) is 0 Å². The number of carbonyl (C=O) groups is 1. The van der Waals surface area contributed by atoms with Crippen molar-refractivity contribution in [2.24, 2.45) is 0 Å². The van der Waals surface area contributed by atoms with Gasteiger partial charge in [0.25, 0.3) is 0 Å². The molecule has 2 aliphatic rings. The van der Waals surface area contributed by atoms with Crippen molar-refractivity contribution in [2.75, 3.05) is 0 Å². The van der Waals surface area contributed by atoms with E-state index in [0.717, 1.165) is 24.8 Å². The summed E-state index contributed by atoms with van der Waals surface area (Å²) in [6, 6.07) is 21.1. The maximum Gasteiger partial charge on any atom is 0.410 e. The van der Waals surface area contributed by atoms with Gasteiger partial charge in [0, 0.05) is 15.6 Å². The molecule has 2 aliphatic heterocycles. The zero-order chi connectivity index (χ0) is 18.9. The van der Waals surface area contributed by atoms with Crippen molar-refractivity contribution in [3.8, 4) is 0 Å². The highest BCUT2D eigenvalue weighted by molar-refractivity contribution is 7.20. The van der Waals surface area contributed by atoms with E-state index < -0.39 is 0 Å². The molecule has 5 rings (SSSR count). The first-order chi connectivity index (χ1) is 13.8. The van der Waals surface area contributed by atoms with E-state index in [-0.39, 0.29) is 18.2 Å². The van der Waals surface area contributed by atoms with Crippen molar-refractivity contribution in [1.29, 1.82) is 0 Å². The number of nitrogens with zero attached hydrogens (tertiary/aromatic N) is 1. The molecule has 3 aromatic rings. The molecule has 0 N–H and O–H groups in total. The third-order valence-corrected chi connectivity index (χ3v) is 6.99. The second-order valence-electron chi connectivity index (χ2n) is 7.64. The van der Waals surface area contributed by atoms with Crippen LogP contribution in [0.4, 0.5) is 4.79 Å². The van der Waals surface area contributed by atoms with Crippen LogP contribution in [0.1, 0.15) is 36.1 Å². The topological polar surface area (TPSA) is 29.5 Å². The second kappa shape index (κ2) is 7.44. The summed E-state index contributed by atoms with van der Waals surface area (Å²) in [7, 11) is 0. The Hall–Kier alpha value is -2.59. The minimum atomic E-state index is -0.176. The monoisotopic (exact) mass is 389 g/mol. The summed E-state index contributed by atoms with van der Waals surface area (Å²) in [6.07, 6.45) is 6.30. The molecule has 142 valence electrons. The number of piperidine rings is 1. The van der Waals surface area contributed by atoms with Gasteiger partial charge in [-0.1, -0.05) is 54.6 Å². The van der Waals surface area contributed by atoms with E-state index in [0.29, 0.717) is 6.61 Å². The number of fused-ring (bicyclic) bond motifs is 3. The van der Waals surface area contributed by atoms with Gasteiger partial charge in [-0.15, -0.1) is 11.3 Å². The summed E-state index contributed by atoms with van der Waals surface area (Å²) in [6.45, 7) is 0.336. The molecule has 0 saturated carbocycles. The van der Waals surface area contributed by atoms with Crippen LogP contribution in [-0.2, 0) is 11.3 Å². The fraction of sp³-hybridized carbons (Fsp3) is 0.292. The number of benzene rings is 2. The average Bonchev–Trinajstić information content (AvgIpc) is 3.16. The Morgan fingerprint density at radius 3 is 2.71 bits per heavy atom. The van der Waals surface area contributed by atoms with Gasteiger partial charge in [0.15, 0.2) is 0 Å². The molecule has 28 heavy (non-hydrogen) atoms. The molecule has 1 fully saturated rings. The minimum Gasteiger partial charge on any atom is -0.445 e. The quantitative estimate of drug-likeness (QED) is 0.530. The van der Waals surface area contributed by atoms with Gasteiger partial charge in [0.2, 0.25) is 0 Å². The van der Waals surface area contributed by atoms with E-state index in [1.807, 2.05) is 46.6 Å². The van der Waals surface area contributed by atoms with Crippen molar-refractivity contribution in [3.05, 3.63) is 77.2 Å². The van der Waals surface area contributed by atoms with Crippen LogP contribution in [0.3, 0.4) is 0 Å². The molecule has 0 aliphatic carbocycles. The Morgan fingerprint density at radius 1 is 1.07 bits per heavy atom. The van der Waals surface area contributed by atoms with E-state index in [9.17, 15) is 4.79 Å². The third-order valence-electron chi connectivity index (χ3n) is 5.80. The smallest absolute Gasteiger partial charge is 0.410 e. The van der Waals surface area contributed by atoms with Crippen LogP contribution in [0.2, 0.25) is 0 Å². The highest BCUT2D eigenvalue weighted by atomic mass is 32.1. The lowest BCUT2D eigenvalue weighted by molar-refractivity contribution is 0.0510. The minimum absolute atomic E-state index is 0.149. The molecular formula is C24H23NO2S. The first-order valence-corrected chi connectivity index (χ1v) is 10.8. The molecule has 2 bridgehead atoms. The van der Waals surface area contributed by atoms with E-state index in [1.54, 1.807) is 0 Å². The van der Waals surface area contributed by atoms with Crippen molar-refractivity contribution in [2.45, 2.75) is 44.4 Å². The fourth-order valence-electron chi connectivity index (χ4n) is 4.43. The maximum atomic E-state index is 12.8. The molecule has 3 nitrogen and oxygen atoms in total.